The number of fused-ring (bicyclic) bond motifs is 5. The first-order valence-corrected chi connectivity index (χ1v) is 8.78. The summed E-state index contributed by atoms with van der Waals surface area (Å²) in [4.78, 5) is 0. The fraction of sp³-hybridized carbons (Fsp3) is 0.947. The summed E-state index contributed by atoms with van der Waals surface area (Å²) in [5.41, 5.74) is 0.767. The van der Waals surface area contributed by atoms with E-state index in [1.165, 1.54) is 0 Å². The number of hydrogen-bond acceptors (Lipinski definition) is 0. The first-order valence-electron chi connectivity index (χ1n) is 8.78. The van der Waals surface area contributed by atoms with Crippen molar-refractivity contribution in [3.8, 4) is 0 Å². The molecule has 19 heavy (non-hydrogen) atoms. The summed E-state index contributed by atoms with van der Waals surface area (Å²) in [5.74, 6) is 5.72. The number of hydrogen-bond donors (Lipinski definition) is 0. The minimum Gasteiger partial charge on any atom is -0.0594 e. The zero-order valence-corrected chi connectivity index (χ0v) is 12.7. The molecule has 4 aliphatic carbocycles. The lowest BCUT2D eigenvalue weighted by atomic mass is 9.51. The average Bonchev–Trinajstić information content (AvgIpc) is 2.80. The molecule has 0 spiro atoms. The zero-order chi connectivity index (χ0) is 12.2. The normalized spacial score (nSPS) is 52.6. The van der Waals surface area contributed by atoms with E-state index in [1.807, 2.05) is 0 Å². The van der Waals surface area contributed by atoms with E-state index in [0.29, 0.717) is 0 Å². The standard InChI is InChI=1S/C18H30.C/c1-18-11-4-7-17(18)16-9-8-13-5-2-3-6-14(13)15(16)10-12-18;/h13-17H,2-12H2,1H3;/t13?,14-,15+,16+,17-,18-;/m0./s1. The maximum atomic E-state index is 2.63. The average molecular weight is 258 g/mol. The Hall–Kier alpha value is 0. The van der Waals surface area contributed by atoms with Crippen LogP contribution in [0.4, 0.5) is 0 Å². The smallest absolute Gasteiger partial charge is 0 e. The minimum atomic E-state index is 0. The van der Waals surface area contributed by atoms with Gasteiger partial charge in [0.1, 0.15) is 0 Å². The highest BCUT2D eigenvalue weighted by atomic mass is 14.6. The van der Waals surface area contributed by atoms with Gasteiger partial charge in [-0.1, -0.05) is 32.6 Å². The van der Waals surface area contributed by atoms with Crippen molar-refractivity contribution in [1.29, 1.82) is 0 Å². The Bertz CT molecular complexity index is 320. The molecule has 4 fully saturated rings. The van der Waals surface area contributed by atoms with E-state index in [1.54, 1.807) is 70.6 Å². The maximum absolute atomic E-state index is 2.63. The van der Waals surface area contributed by atoms with Crippen LogP contribution in [0.3, 0.4) is 0 Å². The molecule has 0 aromatic carbocycles. The molecular weight excluding hydrogens is 228 g/mol. The highest BCUT2D eigenvalue weighted by Crippen LogP contribution is 2.62. The second-order valence-electron chi connectivity index (χ2n) is 8.30. The fourth-order valence-corrected chi connectivity index (χ4v) is 6.82. The molecule has 0 heteroatoms. The molecule has 0 heterocycles. The van der Waals surface area contributed by atoms with Crippen LogP contribution in [-0.2, 0) is 0 Å². The Labute approximate surface area is 120 Å². The molecule has 6 atom stereocenters. The van der Waals surface area contributed by atoms with Crippen LogP contribution in [0.1, 0.15) is 77.6 Å². The Morgan fingerprint density at radius 2 is 1.53 bits per heavy atom. The largest absolute Gasteiger partial charge is 0.0594 e. The van der Waals surface area contributed by atoms with Gasteiger partial charge in [-0.05, 0) is 80.0 Å². The molecule has 4 saturated carbocycles. The summed E-state index contributed by atoms with van der Waals surface area (Å²) in [6, 6.07) is 0. The first kappa shape index (κ1) is 14.0. The zero-order valence-electron chi connectivity index (χ0n) is 12.7. The highest BCUT2D eigenvalue weighted by molar-refractivity contribution is 5.02. The summed E-state index contributed by atoms with van der Waals surface area (Å²) in [6.45, 7) is 2.63. The van der Waals surface area contributed by atoms with Gasteiger partial charge in [0.25, 0.3) is 0 Å². The van der Waals surface area contributed by atoms with Crippen LogP contribution in [0, 0.1) is 42.4 Å². The monoisotopic (exact) mass is 258 g/mol. The van der Waals surface area contributed by atoms with Gasteiger partial charge in [-0.15, -0.1) is 0 Å². The summed E-state index contributed by atoms with van der Waals surface area (Å²) < 4.78 is 0. The van der Waals surface area contributed by atoms with E-state index in [9.17, 15) is 0 Å². The molecule has 0 amide bonds. The third kappa shape index (κ3) is 2.09. The predicted octanol–water partition coefficient (Wildman–Crippen LogP) is 5.50. The summed E-state index contributed by atoms with van der Waals surface area (Å²) in [7, 11) is 0. The van der Waals surface area contributed by atoms with E-state index >= 15 is 0 Å². The first-order chi connectivity index (χ1) is 8.78. The van der Waals surface area contributed by atoms with E-state index in [0.717, 1.165) is 35.0 Å². The van der Waals surface area contributed by atoms with E-state index < -0.39 is 0 Å². The third-order valence-electron chi connectivity index (χ3n) is 7.66. The van der Waals surface area contributed by atoms with Gasteiger partial charge in [0.05, 0.1) is 0 Å². The van der Waals surface area contributed by atoms with Crippen molar-refractivity contribution in [3.05, 3.63) is 7.43 Å². The highest BCUT2D eigenvalue weighted by Gasteiger charge is 2.52. The van der Waals surface area contributed by atoms with Gasteiger partial charge in [-0.3, -0.25) is 0 Å². The van der Waals surface area contributed by atoms with Gasteiger partial charge in [0.15, 0.2) is 0 Å². The van der Waals surface area contributed by atoms with Crippen molar-refractivity contribution in [2.75, 3.05) is 0 Å². The molecule has 0 aromatic heterocycles. The molecule has 0 saturated heterocycles. The van der Waals surface area contributed by atoms with Crippen molar-refractivity contribution in [1.82, 2.24) is 0 Å². The topological polar surface area (TPSA) is 0 Å². The van der Waals surface area contributed by atoms with Gasteiger partial charge in [-0.25, -0.2) is 0 Å². The Balaban J connectivity index is 0.00000110. The predicted molar refractivity (Wildman–Crippen MR) is 79.6 cm³/mol. The van der Waals surface area contributed by atoms with Crippen LogP contribution in [0.5, 0.6) is 0 Å². The molecule has 0 aromatic rings. The van der Waals surface area contributed by atoms with Crippen molar-refractivity contribution in [3.63, 3.8) is 0 Å². The second kappa shape index (κ2) is 5.08. The molecule has 4 radical (unpaired) electrons. The molecule has 0 N–H and O–H groups in total. The Morgan fingerprint density at radius 3 is 2.42 bits per heavy atom. The van der Waals surface area contributed by atoms with Gasteiger partial charge >= 0.3 is 0 Å². The van der Waals surface area contributed by atoms with Gasteiger partial charge in [-0.2, -0.15) is 0 Å². The van der Waals surface area contributed by atoms with Crippen LogP contribution >= 0.6 is 0 Å². The van der Waals surface area contributed by atoms with Crippen molar-refractivity contribution in [2.24, 2.45) is 35.0 Å². The molecule has 0 bridgehead atoms. The van der Waals surface area contributed by atoms with Gasteiger partial charge < -0.3 is 0 Å². The van der Waals surface area contributed by atoms with Crippen molar-refractivity contribution in [2.45, 2.75) is 77.6 Å². The van der Waals surface area contributed by atoms with Crippen LogP contribution < -0.4 is 0 Å². The van der Waals surface area contributed by atoms with E-state index in [-0.39, 0.29) is 7.43 Å². The Kier molecular flexibility index (Phi) is 3.73. The third-order valence-corrected chi connectivity index (χ3v) is 7.66. The minimum absolute atomic E-state index is 0. The molecule has 4 rings (SSSR count). The van der Waals surface area contributed by atoms with Crippen LogP contribution in [-0.4, -0.2) is 0 Å². The molecule has 4 aliphatic rings. The quantitative estimate of drug-likeness (QED) is 0.538. The molecule has 0 nitrogen and oxygen atoms in total. The maximum Gasteiger partial charge on any atom is 0 e. The fourth-order valence-electron chi connectivity index (χ4n) is 6.82. The van der Waals surface area contributed by atoms with Crippen LogP contribution in [0.25, 0.3) is 0 Å². The summed E-state index contributed by atoms with van der Waals surface area (Å²) >= 11 is 0. The van der Waals surface area contributed by atoms with Crippen molar-refractivity contribution >= 4 is 0 Å². The Morgan fingerprint density at radius 1 is 0.684 bits per heavy atom. The SMILES string of the molecule is C[C@@]12CCC[C@H]1[C@@H]1CCC3CCCC[C@@H]3[C@H]1CC2.[C]. The van der Waals surface area contributed by atoms with Gasteiger partial charge in [0, 0.05) is 7.43 Å². The number of rotatable bonds is 0. The van der Waals surface area contributed by atoms with Crippen LogP contribution in [0.15, 0.2) is 0 Å². The van der Waals surface area contributed by atoms with E-state index in [2.05, 4.69) is 6.92 Å². The lowest BCUT2D eigenvalue weighted by Gasteiger charge is -2.54. The lowest BCUT2D eigenvalue weighted by Crippen LogP contribution is -2.46. The summed E-state index contributed by atoms with van der Waals surface area (Å²) in [6.07, 6.45) is 17.3. The molecule has 0 aliphatic heterocycles. The second-order valence-corrected chi connectivity index (χ2v) is 8.30. The van der Waals surface area contributed by atoms with Crippen molar-refractivity contribution < 1.29 is 0 Å². The lowest BCUT2D eigenvalue weighted by molar-refractivity contribution is -0.0492. The van der Waals surface area contributed by atoms with E-state index in [4.69, 9.17) is 0 Å². The van der Waals surface area contributed by atoms with Crippen LogP contribution in [0.2, 0.25) is 0 Å². The summed E-state index contributed by atoms with van der Waals surface area (Å²) in [5, 5.41) is 0. The molecule has 106 valence electrons. The molecule has 1 unspecified atom stereocenters. The molecular formula is C19H30. The van der Waals surface area contributed by atoms with Gasteiger partial charge in [0.2, 0.25) is 0 Å².